The fourth-order valence-corrected chi connectivity index (χ4v) is 2.16. The molecule has 0 saturated heterocycles. The molecule has 2 aromatic rings. The molecule has 2 unspecified atom stereocenters. The SMILES string of the molecule is Cc1cc(C)n(-c2cccc(C(O)C(O)CC#N)c2)n1. The van der Waals surface area contributed by atoms with Crippen LogP contribution in [-0.4, -0.2) is 26.1 Å². The lowest BCUT2D eigenvalue weighted by Gasteiger charge is -2.16. The Hall–Kier alpha value is -2.16. The third-order valence-corrected chi connectivity index (χ3v) is 3.13. The van der Waals surface area contributed by atoms with Crippen molar-refractivity contribution in [3.8, 4) is 11.8 Å². The molecule has 0 aliphatic heterocycles. The topological polar surface area (TPSA) is 82.1 Å². The zero-order valence-electron chi connectivity index (χ0n) is 11.5. The summed E-state index contributed by atoms with van der Waals surface area (Å²) in [6.45, 7) is 3.87. The molecule has 5 nitrogen and oxygen atoms in total. The molecule has 0 aliphatic rings. The standard InChI is InChI=1S/C15H17N3O2/c1-10-8-11(2)18(17-10)13-5-3-4-12(9-13)15(20)14(19)6-7-16/h3-5,8-9,14-15,19-20H,6H2,1-2H3. The van der Waals surface area contributed by atoms with Gasteiger partial charge in [0.05, 0.1) is 30.0 Å². The molecule has 104 valence electrons. The second-order valence-electron chi connectivity index (χ2n) is 4.81. The number of aliphatic hydroxyl groups excluding tert-OH is 2. The Balaban J connectivity index is 2.33. The predicted molar refractivity (Wildman–Crippen MR) is 74.2 cm³/mol. The number of nitrogens with zero attached hydrogens (tertiary/aromatic N) is 3. The average Bonchev–Trinajstić information content (AvgIpc) is 2.77. The van der Waals surface area contributed by atoms with E-state index in [9.17, 15) is 10.2 Å². The van der Waals surface area contributed by atoms with Gasteiger partial charge < -0.3 is 10.2 Å². The smallest absolute Gasteiger partial charge is 0.106 e. The van der Waals surface area contributed by atoms with Crippen molar-refractivity contribution in [1.29, 1.82) is 5.26 Å². The van der Waals surface area contributed by atoms with Crippen molar-refractivity contribution in [1.82, 2.24) is 9.78 Å². The predicted octanol–water partition coefficient (Wildman–Crippen LogP) is 1.80. The number of aryl methyl sites for hydroxylation is 2. The third-order valence-electron chi connectivity index (χ3n) is 3.13. The van der Waals surface area contributed by atoms with Crippen molar-refractivity contribution in [2.75, 3.05) is 0 Å². The number of hydrogen-bond acceptors (Lipinski definition) is 4. The maximum Gasteiger partial charge on any atom is 0.106 e. The molecule has 0 aliphatic carbocycles. The first-order chi connectivity index (χ1) is 9.52. The molecule has 1 heterocycles. The van der Waals surface area contributed by atoms with Crippen molar-refractivity contribution in [2.45, 2.75) is 32.5 Å². The van der Waals surface area contributed by atoms with E-state index in [0.717, 1.165) is 17.1 Å². The van der Waals surface area contributed by atoms with Crippen LogP contribution < -0.4 is 0 Å². The van der Waals surface area contributed by atoms with Crippen LogP contribution in [0.4, 0.5) is 0 Å². The summed E-state index contributed by atoms with van der Waals surface area (Å²) in [5, 5.41) is 32.7. The molecule has 5 heteroatoms. The Morgan fingerprint density at radius 1 is 1.30 bits per heavy atom. The van der Waals surface area contributed by atoms with Gasteiger partial charge in [-0.3, -0.25) is 0 Å². The van der Waals surface area contributed by atoms with Crippen LogP contribution in [0.3, 0.4) is 0 Å². The Morgan fingerprint density at radius 2 is 2.05 bits per heavy atom. The summed E-state index contributed by atoms with van der Waals surface area (Å²) in [4.78, 5) is 0. The van der Waals surface area contributed by atoms with Crippen molar-refractivity contribution < 1.29 is 10.2 Å². The molecule has 0 saturated carbocycles. The minimum atomic E-state index is -1.09. The highest BCUT2D eigenvalue weighted by atomic mass is 16.3. The summed E-state index contributed by atoms with van der Waals surface area (Å²) < 4.78 is 1.78. The van der Waals surface area contributed by atoms with E-state index < -0.39 is 12.2 Å². The Labute approximate surface area is 117 Å². The first kappa shape index (κ1) is 14.3. The van der Waals surface area contributed by atoms with Gasteiger partial charge in [0.15, 0.2) is 0 Å². The van der Waals surface area contributed by atoms with E-state index in [0.29, 0.717) is 5.56 Å². The highest BCUT2D eigenvalue weighted by Gasteiger charge is 2.18. The first-order valence-electron chi connectivity index (χ1n) is 6.39. The molecule has 0 spiro atoms. The fraction of sp³-hybridized carbons (Fsp3) is 0.333. The van der Waals surface area contributed by atoms with Crippen molar-refractivity contribution in [3.05, 3.63) is 47.3 Å². The molecule has 20 heavy (non-hydrogen) atoms. The molecule has 2 N–H and O–H groups in total. The van der Waals surface area contributed by atoms with Gasteiger partial charge in [-0.2, -0.15) is 10.4 Å². The number of benzene rings is 1. The van der Waals surface area contributed by atoms with Gasteiger partial charge in [0.1, 0.15) is 6.10 Å². The van der Waals surface area contributed by atoms with Crippen LogP contribution in [0.1, 0.15) is 29.5 Å². The number of rotatable bonds is 4. The summed E-state index contributed by atoms with van der Waals surface area (Å²) in [6, 6.07) is 11.0. The number of aromatic nitrogens is 2. The van der Waals surface area contributed by atoms with Gasteiger partial charge in [-0.05, 0) is 37.6 Å². The van der Waals surface area contributed by atoms with Gasteiger partial charge in [0, 0.05) is 5.69 Å². The lowest BCUT2D eigenvalue weighted by Crippen LogP contribution is -2.17. The van der Waals surface area contributed by atoms with Crippen molar-refractivity contribution in [3.63, 3.8) is 0 Å². The minimum absolute atomic E-state index is 0.106. The molecule has 2 rings (SSSR count). The second kappa shape index (κ2) is 5.87. The van der Waals surface area contributed by atoms with Gasteiger partial charge in [-0.15, -0.1) is 0 Å². The average molecular weight is 271 g/mol. The molecule has 0 radical (unpaired) electrons. The summed E-state index contributed by atoms with van der Waals surface area (Å²) in [6.07, 6.45) is -2.27. The number of aliphatic hydroxyl groups is 2. The highest BCUT2D eigenvalue weighted by Crippen LogP contribution is 2.22. The van der Waals surface area contributed by atoms with Crippen LogP contribution in [-0.2, 0) is 0 Å². The van der Waals surface area contributed by atoms with Crippen LogP contribution >= 0.6 is 0 Å². The van der Waals surface area contributed by atoms with Crippen LogP contribution in [0.5, 0.6) is 0 Å². The molecule has 1 aromatic heterocycles. The van der Waals surface area contributed by atoms with Gasteiger partial charge in [-0.1, -0.05) is 12.1 Å². The minimum Gasteiger partial charge on any atom is -0.389 e. The highest BCUT2D eigenvalue weighted by molar-refractivity contribution is 5.38. The molecule has 0 fully saturated rings. The van der Waals surface area contributed by atoms with Gasteiger partial charge in [0.2, 0.25) is 0 Å². The van der Waals surface area contributed by atoms with E-state index in [-0.39, 0.29) is 6.42 Å². The van der Waals surface area contributed by atoms with Crippen LogP contribution in [0.25, 0.3) is 5.69 Å². The lowest BCUT2D eigenvalue weighted by atomic mass is 10.0. The van der Waals surface area contributed by atoms with Gasteiger partial charge in [-0.25, -0.2) is 4.68 Å². The van der Waals surface area contributed by atoms with E-state index in [4.69, 9.17) is 5.26 Å². The third kappa shape index (κ3) is 2.87. The van der Waals surface area contributed by atoms with E-state index in [2.05, 4.69) is 5.10 Å². The molecular weight excluding hydrogens is 254 g/mol. The summed E-state index contributed by atoms with van der Waals surface area (Å²) in [5.41, 5.74) is 3.29. The Morgan fingerprint density at radius 3 is 2.65 bits per heavy atom. The first-order valence-corrected chi connectivity index (χ1v) is 6.39. The zero-order chi connectivity index (χ0) is 14.7. The van der Waals surface area contributed by atoms with E-state index in [1.165, 1.54) is 0 Å². The van der Waals surface area contributed by atoms with E-state index in [1.54, 1.807) is 22.9 Å². The molecule has 0 amide bonds. The lowest BCUT2D eigenvalue weighted by molar-refractivity contribution is 0.0216. The largest absolute Gasteiger partial charge is 0.389 e. The van der Waals surface area contributed by atoms with Crippen LogP contribution in [0.2, 0.25) is 0 Å². The zero-order valence-corrected chi connectivity index (χ0v) is 11.5. The van der Waals surface area contributed by atoms with Crippen LogP contribution in [0, 0.1) is 25.2 Å². The van der Waals surface area contributed by atoms with E-state index >= 15 is 0 Å². The summed E-state index contributed by atoms with van der Waals surface area (Å²) in [5.74, 6) is 0. The summed E-state index contributed by atoms with van der Waals surface area (Å²) >= 11 is 0. The van der Waals surface area contributed by atoms with Crippen molar-refractivity contribution in [2.24, 2.45) is 0 Å². The normalized spacial score (nSPS) is 13.8. The van der Waals surface area contributed by atoms with E-state index in [1.807, 2.05) is 32.0 Å². The quantitative estimate of drug-likeness (QED) is 0.888. The number of hydrogen-bond donors (Lipinski definition) is 2. The summed E-state index contributed by atoms with van der Waals surface area (Å²) in [7, 11) is 0. The monoisotopic (exact) mass is 271 g/mol. The Bertz CT molecular complexity index is 643. The molecule has 2 atom stereocenters. The maximum atomic E-state index is 10.0. The Kier molecular flexibility index (Phi) is 4.18. The fourth-order valence-electron chi connectivity index (χ4n) is 2.16. The van der Waals surface area contributed by atoms with Gasteiger partial charge >= 0.3 is 0 Å². The molecule has 1 aromatic carbocycles. The number of nitriles is 1. The van der Waals surface area contributed by atoms with Crippen LogP contribution in [0.15, 0.2) is 30.3 Å². The second-order valence-corrected chi connectivity index (χ2v) is 4.81. The van der Waals surface area contributed by atoms with Gasteiger partial charge in [0.25, 0.3) is 0 Å². The maximum absolute atomic E-state index is 10.0. The molecule has 0 bridgehead atoms. The molecular formula is C15H17N3O2. The van der Waals surface area contributed by atoms with Crippen molar-refractivity contribution >= 4 is 0 Å².